The molecule has 2 aromatic rings. The van der Waals surface area contributed by atoms with Crippen molar-refractivity contribution in [3.8, 4) is 0 Å². The molecule has 2 rings (SSSR count). The maximum atomic E-state index is 12.4. The minimum atomic E-state index is -3.47. The van der Waals surface area contributed by atoms with Gasteiger partial charge in [-0.3, -0.25) is 0 Å². The molecule has 0 amide bonds. The zero-order valence-electron chi connectivity index (χ0n) is 11.9. The quantitative estimate of drug-likeness (QED) is 0.922. The summed E-state index contributed by atoms with van der Waals surface area (Å²) >= 11 is 0. The molecule has 0 spiro atoms. The Morgan fingerprint density at radius 3 is 2.35 bits per heavy atom. The Bertz CT molecular complexity index is 665. The van der Waals surface area contributed by atoms with Crippen LogP contribution in [-0.2, 0) is 16.4 Å². The normalized spacial score (nSPS) is 11.8. The summed E-state index contributed by atoms with van der Waals surface area (Å²) in [5, 5.41) is 0. The summed E-state index contributed by atoms with van der Waals surface area (Å²) in [6.45, 7) is 5.96. The second kappa shape index (κ2) is 5.81. The van der Waals surface area contributed by atoms with Crippen molar-refractivity contribution in [3.63, 3.8) is 0 Å². The second-order valence-electron chi connectivity index (χ2n) is 5.01. The number of hydrogen-bond donors (Lipinski definition) is 1. The summed E-state index contributed by atoms with van der Waals surface area (Å²) in [7, 11) is -3.47. The van der Waals surface area contributed by atoms with Gasteiger partial charge in [-0.25, -0.2) is 13.1 Å². The molecule has 0 aliphatic heterocycles. The first-order valence-electron chi connectivity index (χ1n) is 6.49. The number of sulfonamides is 1. The Hall–Kier alpha value is -1.59. The van der Waals surface area contributed by atoms with Crippen molar-refractivity contribution in [1.29, 1.82) is 0 Å². The molecular weight excluding hydrogens is 274 g/mol. The highest BCUT2D eigenvalue weighted by molar-refractivity contribution is 7.89. The Kier molecular flexibility index (Phi) is 4.30. The van der Waals surface area contributed by atoms with Crippen LogP contribution in [0.25, 0.3) is 0 Å². The summed E-state index contributed by atoms with van der Waals surface area (Å²) in [5.74, 6) is 0. The molecule has 0 saturated carbocycles. The van der Waals surface area contributed by atoms with Gasteiger partial charge in [-0.05, 0) is 49.9 Å². The van der Waals surface area contributed by atoms with Crippen LogP contribution in [0, 0.1) is 20.8 Å². The third-order valence-electron chi connectivity index (χ3n) is 3.16. The van der Waals surface area contributed by atoms with Gasteiger partial charge in [-0.2, -0.15) is 0 Å². The first-order valence-corrected chi connectivity index (χ1v) is 7.97. The van der Waals surface area contributed by atoms with E-state index in [9.17, 15) is 8.42 Å². The average molecular weight is 293 g/mol. The van der Waals surface area contributed by atoms with Crippen molar-refractivity contribution in [3.05, 3.63) is 53.0 Å². The Balaban J connectivity index is 2.14. The van der Waals surface area contributed by atoms with Crippen molar-refractivity contribution < 1.29 is 12.8 Å². The van der Waals surface area contributed by atoms with Crippen LogP contribution in [0.5, 0.6) is 0 Å². The van der Waals surface area contributed by atoms with Crippen molar-refractivity contribution in [1.82, 2.24) is 4.72 Å². The van der Waals surface area contributed by atoms with Gasteiger partial charge in [0.25, 0.3) is 0 Å². The highest BCUT2D eigenvalue weighted by atomic mass is 32.2. The van der Waals surface area contributed by atoms with E-state index < -0.39 is 10.0 Å². The monoisotopic (exact) mass is 293 g/mol. The highest BCUT2D eigenvalue weighted by Crippen LogP contribution is 2.21. The van der Waals surface area contributed by atoms with Crippen LogP contribution >= 0.6 is 0 Å². The molecule has 108 valence electrons. The Morgan fingerprint density at radius 1 is 1.15 bits per heavy atom. The third kappa shape index (κ3) is 3.29. The third-order valence-corrected chi connectivity index (χ3v) is 4.92. The second-order valence-corrected chi connectivity index (χ2v) is 6.71. The fourth-order valence-corrected chi connectivity index (χ4v) is 3.91. The Morgan fingerprint density at radius 2 is 1.80 bits per heavy atom. The molecule has 1 N–H and O–H groups in total. The minimum Gasteiger partial charge on any atom is -0.472 e. The number of benzene rings is 1. The van der Waals surface area contributed by atoms with Gasteiger partial charge in [-0.15, -0.1) is 0 Å². The van der Waals surface area contributed by atoms with E-state index in [1.807, 2.05) is 39.0 Å². The van der Waals surface area contributed by atoms with Crippen molar-refractivity contribution in [2.24, 2.45) is 0 Å². The molecule has 0 unspecified atom stereocenters. The van der Waals surface area contributed by atoms with Crippen LogP contribution < -0.4 is 4.72 Å². The lowest BCUT2D eigenvalue weighted by atomic mass is 10.1. The van der Waals surface area contributed by atoms with Gasteiger partial charge < -0.3 is 4.42 Å². The van der Waals surface area contributed by atoms with Crippen molar-refractivity contribution >= 4 is 10.0 Å². The van der Waals surface area contributed by atoms with E-state index in [0.717, 1.165) is 22.3 Å². The fraction of sp³-hybridized carbons (Fsp3) is 0.333. The fourth-order valence-electron chi connectivity index (χ4n) is 2.43. The molecule has 20 heavy (non-hydrogen) atoms. The lowest BCUT2D eigenvalue weighted by Crippen LogP contribution is -2.27. The molecular formula is C15H19NO3S. The van der Waals surface area contributed by atoms with Gasteiger partial charge in [0, 0.05) is 6.54 Å². The SMILES string of the molecule is Cc1cc(C)c(S(=O)(=O)NCCc2ccoc2)c(C)c1. The van der Waals surface area contributed by atoms with Gasteiger partial charge in [0.1, 0.15) is 0 Å². The van der Waals surface area contributed by atoms with E-state index in [4.69, 9.17) is 4.42 Å². The van der Waals surface area contributed by atoms with E-state index in [0.29, 0.717) is 17.9 Å². The molecule has 1 heterocycles. The van der Waals surface area contributed by atoms with E-state index in [1.54, 1.807) is 12.5 Å². The lowest BCUT2D eigenvalue weighted by Gasteiger charge is -2.12. The molecule has 0 fully saturated rings. The topological polar surface area (TPSA) is 59.3 Å². The molecule has 0 radical (unpaired) electrons. The first-order chi connectivity index (χ1) is 9.40. The van der Waals surface area contributed by atoms with E-state index in [1.165, 1.54) is 0 Å². The molecule has 0 saturated heterocycles. The van der Waals surface area contributed by atoms with Gasteiger partial charge in [0.15, 0.2) is 0 Å². The average Bonchev–Trinajstić information content (AvgIpc) is 2.79. The molecule has 0 atom stereocenters. The standard InChI is InChI=1S/C15H19NO3S/c1-11-8-12(2)15(13(3)9-11)20(17,18)16-6-4-14-5-7-19-10-14/h5,7-10,16H,4,6H2,1-3H3. The molecule has 5 heteroatoms. The molecule has 4 nitrogen and oxygen atoms in total. The van der Waals surface area contributed by atoms with Crippen molar-refractivity contribution in [2.45, 2.75) is 32.1 Å². The summed E-state index contributed by atoms with van der Waals surface area (Å²) in [5.41, 5.74) is 3.60. The summed E-state index contributed by atoms with van der Waals surface area (Å²) in [4.78, 5) is 0.385. The van der Waals surface area contributed by atoms with Crippen LogP contribution in [0.2, 0.25) is 0 Å². The van der Waals surface area contributed by atoms with E-state index >= 15 is 0 Å². The van der Waals surface area contributed by atoms with Crippen LogP contribution in [-0.4, -0.2) is 15.0 Å². The molecule has 1 aromatic carbocycles. The number of rotatable bonds is 5. The van der Waals surface area contributed by atoms with Crippen LogP contribution in [0.1, 0.15) is 22.3 Å². The van der Waals surface area contributed by atoms with Gasteiger partial charge >= 0.3 is 0 Å². The molecule has 0 aliphatic carbocycles. The van der Waals surface area contributed by atoms with Gasteiger partial charge in [0.2, 0.25) is 10.0 Å². The van der Waals surface area contributed by atoms with Crippen LogP contribution in [0.15, 0.2) is 40.0 Å². The Labute approximate surface area is 119 Å². The highest BCUT2D eigenvalue weighted by Gasteiger charge is 2.19. The largest absolute Gasteiger partial charge is 0.472 e. The minimum absolute atomic E-state index is 0.356. The van der Waals surface area contributed by atoms with Crippen molar-refractivity contribution in [2.75, 3.05) is 6.54 Å². The maximum absolute atomic E-state index is 12.4. The smallest absolute Gasteiger partial charge is 0.241 e. The van der Waals surface area contributed by atoms with E-state index in [2.05, 4.69) is 4.72 Å². The summed E-state index contributed by atoms with van der Waals surface area (Å²) in [6, 6.07) is 5.60. The molecule has 0 aliphatic rings. The predicted molar refractivity (Wildman–Crippen MR) is 78.3 cm³/mol. The van der Waals surface area contributed by atoms with Gasteiger partial charge in [0.05, 0.1) is 17.4 Å². The molecule has 1 aromatic heterocycles. The summed E-state index contributed by atoms with van der Waals surface area (Å²) < 4.78 is 32.4. The lowest BCUT2D eigenvalue weighted by molar-refractivity contribution is 0.562. The molecule has 0 bridgehead atoms. The van der Waals surface area contributed by atoms with Gasteiger partial charge in [-0.1, -0.05) is 17.7 Å². The maximum Gasteiger partial charge on any atom is 0.241 e. The summed E-state index contributed by atoms with van der Waals surface area (Å²) in [6.07, 6.45) is 3.81. The zero-order chi connectivity index (χ0) is 14.8. The number of aryl methyl sites for hydroxylation is 3. The predicted octanol–water partition coefficient (Wildman–Crippen LogP) is 2.73. The van der Waals surface area contributed by atoms with Crippen LogP contribution in [0.3, 0.4) is 0 Å². The number of hydrogen-bond acceptors (Lipinski definition) is 3. The zero-order valence-corrected chi connectivity index (χ0v) is 12.8. The van der Waals surface area contributed by atoms with E-state index in [-0.39, 0.29) is 0 Å². The van der Waals surface area contributed by atoms with Crippen LogP contribution in [0.4, 0.5) is 0 Å². The number of nitrogens with one attached hydrogen (secondary N) is 1. The first kappa shape index (κ1) is 14.8. The number of furan rings is 1.